The van der Waals surface area contributed by atoms with Crippen molar-refractivity contribution in [2.45, 2.75) is 70.6 Å². The third-order valence-electron chi connectivity index (χ3n) is 4.31. The van der Waals surface area contributed by atoms with Crippen molar-refractivity contribution in [3.63, 3.8) is 0 Å². The Bertz CT molecular complexity index is 237. The van der Waals surface area contributed by atoms with E-state index in [1.54, 1.807) is 0 Å². The molecule has 0 atom stereocenters. The molecule has 1 saturated carbocycles. The largest absolute Gasteiger partial charge is 0.396 e. The van der Waals surface area contributed by atoms with E-state index in [4.69, 9.17) is 5.11 Å². The zero-order chi connectivity index (χ0) is 13.9. The molecule has 0 aromatic carbocycles. The van der Waals surface area contributed by atoms with Crippen molar-refractivity contribution >= 4 is 5.91 Å². The number of hydrogen-bond acceptors (Lipinski definition) is 2. The number of nitrogens with zero attached hydrogens (tertiary/aromatic N) is 1. The molecule has 0 aromatic heterocycles. The third-order valence-corrected chi connectivity index (χ3v) is 4.31. The minimum absolute atomic E-state index is 0.263. The second-order valence-electron chi connectivity index (χ2n) is 6.00. The Morgan fingerprint density at radius 2 is 1.84 bits per heavy atom. The van der Waals surface area contributed by atoms with Gasteiger partial charge in [0.15, 0.2) is 0 Å². The van der Waals surface area contributed by atoms with Gasteiger partial charge in [0.05, 0.1) is 0 Å². The molecule has 0 saturated heterocycles. The number of aliphatic hydroxyl groups excluding tert-OH is 1. The molecule has 1 amide bonds. The lowest BCUT2D eigenvalue weighted by Crippen LogP contribution is -2.27. The van der Waals surface area contributed by atoms with Gasteiger partial charge in [-0.3, -0.25) is 4.79 Å². The van der Waals surface area contributed by atoms with Crippen LogP contribution in [-0.4, -0.2) is 36.1 Å². The molecule has 3 heteroatoms. The molecule has 112 valence electrons. The summed E-state index contributed by atoms with van der Waals surface area (Å²) in [4.78, 5) is 13.8. The van der Waals surface area contributed by atoms with Gasteiger partial charge in [-0.15, -0.1) is 0 Å². The monoisotopic (exact) mass is 269 g/mol. The second kappa shape index (κ2) is 10.2. The predicted octanol–water partition coefficient (Wildman–Crippen LogP) is 3.36. The maximum absolute atomic E-state index is 11.9. The molecule has 0 spiro atoms. The Hall–Kier alpha value is -0.570. The lowest BCUT2D eigenvalue weighted by atomic mass is 9.86. The summed E-state index contributed by atoms with van der Waals surface area (Å²) in [6, 6.07) is 0. The summed E-state index contributed by atoms with van der Waals surface area (Å²) in [7, 11) is 1.90. The molecule has 1 N–H and O–H groups in total. The molecular weight excluding hydrogens is 238 g/mol. The Morgan fingerprint density at radius 3 is 2.53 bits per heavy atom. The molecule has 0 heterocycles. The average Bonchev–Trinajstić information content (AvgIpc) is 2.44. The highest BCUT2D eigenvalue weighted by atomic mass is 16.2. The van der Waals surface area contributed by atoms with Crippen LogP contribution < -0.4 is 0 Å². The Morgan fingerprint density at radius 1 is 1.11 bits per heavy atom. The van der Waals surface area contributed by atoms with Gasteiger partial charge in [0.2, 0.25) is 5.91 Å². The first-order chi connectivity index (χ1) is 9.24. The lowest BCUT2D eigenvalue weighted by Gasteiger charge is -2.22. The fourth-order valence-electron chi connectivity index (χ4n) is 2.97. The smallest absolute Gasteiger partial charge is 0.222 e. The van der Waals surface area contributed by atoms with Crippen LogP contribution in [0.3, 0.4) is 0 Å². The topological polar surface area (TPSA) is 40.5 Å². The van der Waals surface area contributed by atoms with E-state index in [1.807, 2.05) is 11.9 Å². The van der Waals surface area contributed by atoms with Gasteiger partial charge in [-0.2, -0.15) is 0 Å². The number of amides is 1. The minimum atomic E-state index is 0.263. The highest BCUT2D eigenvalue weighted by molar-refractivity contribution is 5.75. The van der Waals surface area contributed by atoms with Gasteiger partial charge in [-0.25, -0.2) is 0 Å². The van der Waals surface area contributed by atoms with Gasteiger partial charge in [-0.05, 0) is 38.0 Å². The van der Waals surface area contributed by atoms with E-state index in [0.29, 0.717) is 12.3 Å². The van der Waals surface area contributed by atoms with Gasteiger partial charge >= 0.3 is 0 Å². The van der Waals surface area contributed by atoms with Crippen molar-refractivity contribution in [1.29, 1.82) is 0 Å². The van der Waals surface area contributed by atoms with Gasteiger partial charge in [-0.1, -0.05) is 32.1 Å². The molecule has 0 radical (unpaired) electrons. The second-order valence-corrected chi connectivity index (χ2v) is 6.00. The Balaban J connectivity index is 2.02. The van der Waals surface area contributed by atoms with Crippen LogP contribution in [0.2, 0.25) is 0 Å². The molecule has 0 unspecified atom stereocenters. The van der Waals surface area contributed by atoms with Crippen LogP contribution in [0.4, 0.5) is 0 Å². The van der Waals surface area contributed by atoms with Crippen LogP contribution in [-0.2, 0) is 4.79 Å². The number of carbonyl (C=O) groups is 1. The molecule has 3 nitrogen and oxygen atoms in total. The predicted molar refractivity (Wildman–Crippen MR) is 79.0 cm³/mol. The van der Waals surface area contributed by atoms with E-state index in [2.05, 4.69) is 0 Å². The van der Waals surface area contributed by atoms with Crippen molar-refractivity contribution in [2.24, 2.45) is 5.92 Å². The van der Waals surface area contributed by atoms with Crippen molar-refractivity contribution in [1.82, 2.24) is 4.90 Å². The van der Waals surface area contributed by atoms with E-state index in [9.17, 15) is 4.79 Å². The zero-order valence-corrected chi connectivity index (χ0v) is 12.6. The van der Waals surface area contributed by atoms with Gasteiger partial charge < -0.3 is 10.0 Å². The van der Waals surface area contributed by atoms with Crippen molar-refractivity contribution in [2.75, 3.05) is 20.2 Å². The molecule has 1 fully saturated rings. The molecule has 0 aliphatic heterocycles. The average molecular weight is 269 g/mol. The summed E-state index contributed by atoms with van der Waals surface area (Å²) in [6.45, 7) is 1.10. The first-order valence-corrected chi connectivity index (χ1v) is 8.09. The fourth-order valence-corrected chi connectivity index (χ4v) is 2.97. The Labute approximate surface area is 118 Å². The quantitative estimate of drug-likeness (QED) is 0.652. The molecular formula is C16H31NO2. The third kappa shape index (κ3) is 7.56. The van der Waals surface area contributed by atoms with Gasteiger partial charge in [0.1, 0.15) is 0 Å². The molecule has 1 rings (SSSR count). The normalized spacial score (nSPS) is 16.5. The summed E-state index contributed by atoms with van der Waals surface area (Å²) < 4.78 is 0. The number of hydrogen-bond donors (Lipinski definition) is 1. The number of aliphatic hydroxyl groups is 1. The van der Waals surface area contributed by atoms with Crippen LogP contribution in [0.5, 0.6) is 0 Å². The summed E-state index contributed by atoms with van der Waals surface area (Å²) in [6.07, 6.45) is 12.8. The van der Waals surface area contributed by atoms with E-state index in [1.165, 1.54) is 38.5 Å². The summed E-state index contributed by atoms with van der Waals surface area (Å²) in [5.74, 6) is 1.18. The Kier molecular flexibility index (Phi) is 8.89. The highest BCUT2D eigenvalue weighted by Gasteiger charge is 2.14. The standard InChI is InChI=1S/C16H31NO2/c1-17(13-6-3-7-14-18)16(19)12-8-11-15-9-4-2-5-10-15/h15,18H,2-14H2,1H3. The maximum atomic E-state index is 11.9. The summed E-state index contributed by atoms with van der Waals surface area (Å²) in [5.41, 5.74) is 0. The zero-order valence-electron chi connectivity index (χ0n) is 12.6. The number of carbonyl (C=O) groups excluding carboxylic acids is 1. The van der Waals surface area contributed by atoms with E-state index >= 15 is 0 Å². The van der Waals surface area contributed by atoms with Gasteiger partial charge in [0, 0.05) is 26.6 Å². The maximum Gasteiger partial charge on any atom is 0.222 e. The van der Waals surface area contributed by atoms with Crippen LogP contribution in [0.25, 0.3) is 0 Å². The summed E-state index contributed by atoms with van der Waals surface area (Å²) in [5, 5.41) is 8.70. The fraction of sp³-hybridized carbons (Fsp3) is 0.938. The van der Waals surface area contributed by atoms with Crippen molar-refractivity contribution in [3.8, 4) is 0 Å². The molecule has 19 heavy (non-hydrogen) atoms. The lowest BCUT2D eigenvalue weighted by molar-refractivity contribution is -0.130. The van der Waals surface area contributed by atoms with Crippen LogP contribution >= 0.6 is 0 Å². The molecule has 0 bridgehead atoms. The van der Waals surface area contributed by atoms with Gasteiger partial charge in [0.25, 0.3) is 0 Å². The van der Waals surface area contributed by atoms with E-state index in [-0.39, 0.29) is 6.61 Å². The van der Waals surface area contributed by atoms with E-state index in [0.717, 1.165) is 38.1 Å². The van der Waals surface area contributed by atoms with Crippen molar-refractivity contribution in [3.05, 3.63) is 0 Å². The summed E-state index contributed by atoms with van der Waals surface area (Å²) >= 11 is 0. The minimum Gasteiger partial charge on any atom is -0.396 e. The van der Waals surface area contributed by atoms with Crippen LogP contribution in [0.15, 0.2) is 0 Å². The molecule has 1 aliphatic carbocycles. The van der Waals surface area contributed by atoms with Crippen molar-refractivity contribution < 1.29 is 9.90 Å². The molecule has 1 aliphatic rings. The van der Waals surface area contributed by atoms with Crippen LogP contribution in [0, 0.1) is 5.92 Å². The number of rotatable bonds is 9. The first-order valence-electron chi connectivity index (χ1n) is 8.09. The SMILES string of the molecule is CN(CCCCCO)C(=O)CCCC1CCCCC1. The highest BCUT2D eigenvalue weighted by Crippen LogP contribution is 2.27. The van der Waals surface area contributed by atoms with E-state index < -0.39 is 0 Å². The van der Waals surface area contributed by atoms with Crippen LogP contribution in [0.1, 0.15) is 70.6 Å². The first kappa shape index (κ1) is 16.5. The molecule has 0 aromatic rings. The number of unbranched alkanes of at least 4 members (excludes halogenated alkanes) is 2.